The zero-order valence-electron chi connectivity index (χ0n) is 15.3. The molecule has 1 aliphatic heterocycles. The van der Waals surface area contributed by atoms with Crippen LogP contribution in [0.25, 0.3) is 5.83 Å². The van der Waals surface area contributed by atoms with Crippen LogP contribution in [0.15, 0.2) is 35.5 Å². The molecule has 7 heteroatoms. The number of aromatic nitrogens is 2. The zero-order chi connectivity index (χ0) is 18.9. The van der Waals surface area contributed by atoms with Gasteiger partial charge in [0.1, 0.15) is 23.4 Å². The van der Waals surface area contributed by atoms with E-state index in [1.165, 1.54) is 6.20 Å². The molecule has 2 aromatic heterocycles. The second-order valence-corrected chi connectivity index (χ2v) is 7.48. The van der Waals surface area contributed by atoms with E-state index in [0.717, 1.165) is 12.8 Å². The van der Waals surface area contributed by atoms with Gasteiger partial charge in [0.15, 0.2) is 5.82 Å². The highest BCUT2D eigenvalue weighted by Crippen LogP contribution is 2.27. The van der Waals surface area contributed by atoms with Gasteiger partial charge in [-0.3, -0.25) is 4.79 Å². The Kier molecular flexibility index (Phi) is 4.80. The Morgan fingerprint density at radius 2 is 2.19 bits per heavy atom. The fourth-order valence-electron chi connectivity index (χ4n) is 2.93. The van der Waals surface area contributed by atoms with Crippen LogP contribution >= 0.6 is 0 Å². The Bertz CT molecular complexity index is 808. The maximum Gasteiger partial charge on any atom is 0.248 e. The van der Waals surface area contributed by atoms with Crippen molar-refractivity contribution >= 4 is 23.4 Å². The largest absolute Gasteiger partial charge is 0.359 e. The molecule has 1 fully saturated rings. The van der Waals surface area contributed by atoms with Gasteiger partial charge in [-0.1, -0.05) is 32.5 Å². The van der Waals surface area contributed by atoms with Crippen molar-refractivity contribution < 1.29 is 13.7 Å². The van der Waals surface area contributed by atoms with Crippen LogP contribution in [-0.4, -0.2) is 28.6 Å². The van der Waals surface area contributed by atoms with Gasteiger partial charge >= 0.3 is 0 Å². The summed E-state index contributed by atoms with van der Waals surface area (Å²) in [6, 6.07) is 4.72. The van der Waals surface area contributed by atoms with E-state index in [4.69, 9.17) is 4.52 Å². The Hall–Kier alpha value is -2.70. The number of amides is 1. The van der Waals surface area contributed by atoms with Crippen molar-refractivity contribution in [1.82, 2.24) is 10.1 Å². The first kappa shape index (κ1) is 18.1. The predicted octanol–water partition coefficient (Wildman–Crippen LogP) is 3.91. The second-order valence-electron chi connectivity index (χ2n) is 7.48. The lowest BCUT2D eigenvalue weighted by molar-refractivity contribution is -0.117. The second kappa shape index (κ2) is 6.90. The molecule has 26 heavy (non-hydrogen) atoms. The molecule has 0 saturated carbocycles. The van der Waals surface area contributed by atoms with Gasteiger partial charge in [-0.2, -0.15) is 0 Å². The van der Waals surface area contributed by atoms with Crippen molar-refractivity contribution in [2.75, 3.05) is 16.8 Å². The van der Waals surface area contributed by atoms with Crippen LogP contribution in [0.1, 0.15) is 44.9 Å². The normalized spacial score (nSPS) is 17.4. The molecule has 0 radical (unpaired) electrons. The molecular formula is C19H23FN4O2. The maximum atomic E-state index is 13.1. The number of nitrogens with zero attached hydrogens (tertiary/aromatic N) is 3. The van der Waals surface area contributed by atoms with Gasteiger partial charge in [-0.25, -0.2) is 9.37 Å². The molecule has 2 aromatic rings. The van der Waals surface area contributed by atoms with Gasteiger partial charge in [0.25, 0.3) is 0 Å². The summed E-state index contributed by atoms with van der Waals surface area (Å²) in [5.41, 5.74) is 0.160. The molecule has 3 rings (SSSR count). The SMILES string of the molecule is C=C(F)c1ccc(N2CCCC2C(=O)Nc2cc(C(C)(C)C)on2)nc1. The number of rotatable bonds is 4. The monoisotopic (exact) mass is 358 g/mol. The number of halogens is 1. The third kappa shape index (κ3) is 3.76. The van der Waals surface area contributed by atoms with E-state index in [1.54, 1.807) is 18.2 Å². The van der Waals surface area contributed by atoms with Gasteiger partial charge in [0.2, 0.25) is 5.91 Å². The molecule has 0 bridgehead atoms. The minimum absolute atomic E-state index is 0.156. The summed E-state index contributed by atoms with van der Waals surface area (Å²) < 4.78 is 18.5. The van der Waals surface area contributed by atoms with E-state index in [-0.39, 0.29) is 17.4 Å². The Balaban J connectivity index is 1.72. The third-order valence-corrected chi connectivity index (χ3v) is 4.41. The molecule has 6 nitrogen and oxygen atoms in total. The van der Waals surface area contributed by atoms with Crippen LogP contribution < -0.4 is 10.2 Å². The molecule has 1 atom stereocenters. The molecular weight excluding hydrogens is 335 g/mol. The fourth-order valence-corrected chi connectivity index (χ4v) is 2.93. The van der Waals surface area contributed by atoms with E-state index in [0.29, 0.717) is 29.5 Å². The summed E-state index contributed by atoms with van der Waals surface area (Å²) in [5, 5.41) is 6.75. The van der Waals surface area contributed by atoms with Crippen LogP contribution in [0.4, 0.5) is 16.0 Å². The lowest BCUT2D eigenvalue weighted by atomic mass is 9.93. The summed E-state index contributed by atoms with van der Waals surface area (Å²) in [6.07, 6.45) is 3.02. The molecule has 1 unspecified atom stereocenters. The molecule has 1 aliphatic rings. The van der Waals surface area contributed by atoms with Crippen LogP contribution in [0.5, 0.6) is 0 Å². The van der Waals surface area contributed by atoms with E-state index >= 15 is 0 Å². The van der Waals surface area contributed by atoms with Gasteiger partial charge < -0.3 is 14.7 Å². The summed E-state index contributed by atoms with van der Waals surface area (Å²) in [5.74, 6) is 1.07. The minimum Gasteiger partial charge on any atom is -0.359 e. The fraction of sp³-hybridized carbons (Fsp3) is 0.421. The molecule has 1 amide bonds. The third-order valence-electron chi connectivity index (χ3n) is 4.41. The number of hydrogen-bond donors (Lipinski definition) is 1. The van der Waals surface area contributed by atoms with Crippen molar-refractivity contribution in [3.05, 3.63) is 42.3 Å². The average molecular weight is 358 g/mol. The van der Waals surface area contributed by atoms with Crippen LogP contribution in [0, 0.1) is 0 Å². The van der Waals surface area contributed by atoms with Crippen LogP contribution in [0.2, 0.25) is 0 Å². The van der Waals surface area contributed by atoms with Gasteiger partial charge in [0, 0.05) is 29.8 Å². The lowest BCUT2D eigenvalue weighted by Crippen LogP contribution is -2.40. The predicted molar refractivity (Wildman–Crippen MR) is 98.6 cm³/mol. The van der Waals surface area contributed by atoms with E-state index in [1.807, 2.05) is 25.7 Å². The van der Waals surface area contributed by atoms with Crippen molar-refractivity contribution in [2.45, 2.75) is 45.1 Å². The highest BCUT2D eigenvalue weighted by molar-refractivity contribution is 5.96. The van der Waals surface area contributed by atoms with Gasteiger partial charge in [0.05, 0.1) is 0 Å². The first-order valence-corrected chi connectivity index (χ1v) is 8.61. The standard InChI is InChI=1S/C19H23FN4O2/c1-12(20)13-7-8-17(21-11-13)24-9-5-6-14(24)18(25)22-16-10-15(26-23-16)19(2,3)4/h7-8,10-11,14H,1,5-6,9H2,2-4H3,(H,22,23,25). The van der Waals surface area contributed by atoms with Crippen LogP contribution in [0.3, 0.4) is 0 Å². The van der Waals surface area contributed by atoms with E-state index < -0.39 is 5.83 Å². The smallest absolute Gasteiger partial charge is 0.248 e. The summed E-state index contributed by atoms with van der Waals surface area (Å²) in [6.45, 7) is 10.0. The lowest BCUT2D eigenvalue weighted by Gasteiger charge is -2.24. The summed E-state index contributed by atoms with van der Waals surface area (Å²) in [4.78, 5) is 18.9. The highest BCUT2D eigenvalue weighted by Gasteiger charge is 2.32. The van der Waals surface area contributed by atoms with Crippen molar-refractivity contribution in [3.63, 3.8) is 0 Å². The molecule has 0 spiro atoms. The number of pyridine rings is 1. The Morgan fingerprint density at radius 1 is 1.42 bits per heavy atom. The molecule has 0 aliphatic carbocycles. The Labute approximate surface area is 152 Å². The van der Waals surface area contributed by atoms with Crippen molar-refractivity contribution in [2.24, 2.45) is 0 Å². The number of hydrogen-bond acceptors (Lipinski definition) is 5. The summed E-state index contributed by atoms with van der Waals surface area (Å²) in [7, 11) is 0. The van der Waals surface area contributed by atoms with Crippen molar-refractivity contribution in [3.8, 4) is 0 Å². The maximum absolute atomic E-state index is 13.1. The summed E-state index contributed by atoms with van der Waals surface area (Å²) >= 11 is 0. The quantitative estimate of drug-likeness (QED) is 0.897. The first-order valence-electron chi connectivity index (χ1n) is 8.61. The number of anilines is 2. The average Bonchev–Trinajstić information content (AvgIpc) is 3.23. The molecule has 1 N–H and O–H groups in total. The molecule has 138 valence electrons. The van der Waals surface area contributed by atoms with Gasteiger partial charge in [-0.05, 0) is 25.0 Å². The van der Waals surface area contributed by atoms with Gasteiger partial charge in [-0.15, -0.1) is 0 Å². The minimum atomic E-state index is -0.527. The molecule has 0 aromatic carbocycles. The number of carbonyl (C=O) groups is 1. The van der Waals surface area contributed by atoms with Crippen molar-refractivity contribution in [1.29, 1.82) is 0 Å². The highest BCUT2D eigenvalue weighted by atomic mass is 19.1. The first-order chi connectivity index (χ1) is 12.3. The zero-order valence-corrected chi connectivity index (χ0v) is 15.3. The molecule has 1 saturated heterocycles. The topological polar surface area (TPSA) is 71.3 Å². The molecule has 3 heterocycles. The number of carbonyl (C=O) groups excluding carboxylic acids is 1. The number of nitrogens with one attached hydrogen (secondary N) is 1. The van der Waals surface area contributed by atoms with E-state index in [9.17, 15) is 9.18 Å². The van der Waals surface area contributed by atoms with E-state index in [2.05, 4.69) is 22.0 Å². The van der Waals surface area contributed by atoms with Crippen LogP contribution in [-0.2, 0) is 10.2 Å². The Morgan fingerprint density at radius 3 is 2.77 bits per heavy atom.